The minimum atomic E-state index is -0.267. The number of β-amino-alcohol motifs (C(OH)–C–C–N with tert-alkyl or cyclic N) is 1. The Morgan fingerprint density at radius 2 is 2.18 bits per heavy atom. The molecule has 0 unspecified atom stereocenters. The van der Waals surface area contributed by atoms with Gasteiger partial charge in [0.2, 0.25) is 5.91 Å². The van der Waals surface area contributed by atoms with Crippen molar-refractivity contribution in [3.8, 4) is 0 Å². The van der Waals surface area contributed by atoms with Gasteiger partial charge in [-0.15, -0.1) is 0 Å². The topological polar surface area (TPSA) is 52.6 Å². The lowest BCUT2D eigenvalue weighted by molar-refractivity contribution is -0.122. The van der Waals surface area contributed by atoms with Gasteiger partial charge in [0, 0.05) is 19.6 Å². The van der Waals surface area contributed by atoms with E-state index in [0.29, 0.717) is 19.6 Å². The van der Waals surface area contributed by atoms with E-state index in [2.05, 4.69) is 5.32 Å². The van der Waals surface area contributed by atoms with Gasteiger partial charge in [-0.1, -0.05) is 30.3 Å². The van der Waals surface area contributed by atoms with Gasteiger partial charge in [-0.2, -0.15) is 0 Å². The highest BCUT2D eigenvalue weighted by Crippen LogP contribution is 2.07. The molecular formula is C13H18N2O2. The zero-order chi connectivity index (χ0) is 12.1. The van der Waals surface area contributed by atoms with E-state index in [1.807, 2.05) is 35.2 Å². The van der Waals surface area contributed by atoms with E-state index in [4.69, 9.17) is 0 Å². The van der Waals surface area contributed by atoms with Crippen molar-refractivity contribution in [3.05, 3.63) is 35.9 Å². The van der Waals surface area contributed by atoms with Crippen molar-refractivity contribution < 1.29 is 9.90 Å². The highest BCUT2D eigenvalue weighted by molar-refractivity contribution is 5.78. The molecule has 1 fully saturated rings. The Bertz CT molecular complexity index is 367. The molecule has 1 aromatic carbocycles. The molecule has 2 rings (SSSR count). The van der Waals surface area contributed by atoms with Gasteiger partial charge < -0.3 is 10.4 Å². The van der Waals surface area contributed by atoms with Crippen molar-refractivity contribution >= 4 is 5.91 Å². The maximum atomic E-state index is 11.6. The Balaban J connectivity index is 1.71. The molecule has 1 atom stereocenters. The molecule has 0 aliphatic carbocycles. The van der Waals surface area contributed by atoms with Crippen LogP contribution in [0.2, 0.25) is 0 Å². The van der Waals surface area contributed by atoms with E-state index in [9.17, 15) is 9.90 Å². The summed E-state index contributed by atoms with van der Waals surface area (Å²) in [5, 5.41) is 12.2. The Labute approximate surface area is 101 Å². The monoisotopic (exact) mass is 234 g/mol. The summed E-state index contributed by atoms with van der Waals surface area (Å²) in [6.45, 7) is 2.36. The van der Waals surface area contributed by atoms with Gasteiger partial charge in [0.25, 0.3) is 0 Å². The molecule has 1 aliphatic rings. The number of hydrogen-bond acceptors (Lipinski definition) is 3. The molecule has 4 nitrogen and oxygen atoms in total. The average molecular weight is 234 g/mol. The van der Waals surface area contributed by atoms with Gasteiger partial charge in [-0.25, -0.2) is 0 Å². The molecule has 1 saturated heterocycles. The molecule has 0 saturated carbocycles. The molecule has 92 valence electrons. The minimum Gasteiger partial charge on any atom is -0.392 e. The first-order valence-electron chi connectivity index (χ1n) is 5.95. The van der Waals surface area contributed by atoms with Gasteiger partial charge in [0.1, 0.15) is 0 Å². The molecule has 0 radical (unpaired) electrons. The summed E-state index contributed by atoms with van der Waals surface area (Å²) in [5.74, 6) is 0.0166. The largest absolute Gasteiger partial charge is 0.392 e. The van der Waals surface area contributed by atoms with Gasteiger partial charge >= 0.3 is 0 Å². The average Bonchev–Trinajstić information content (AvgIpc) is 2.73. The Hall–Kier alpha value is -1.39. The number of rotatable bonds is 4. The number of carbonyl (C=O) groups excluding carboxylic acids is 1. The fourth-order valence-corrected chi connectivity index (χ4v) is 2.01. The van der Waals surface area contributed by atoms with E-state index in [1.54, 1.807) is 0 Å². The lowest BCUT2D eigenvalue weighted by atomic mass is 10.2. The summed E-state index contributed by atoms with van der Waals surface area (Å²) in [5.41, 5.74) is 1.10. The van der Waals surface area contributed by atoms with Gasteiger partial charge in [-0.3, -0.25) is 9.69 Å². The molecule has 17 heavy (non-hydrogen) atoms. The van der Waals surface area contributed by atoms with Crippen LogP contribution in [-0.4, -0.2) is 41.7 Å². The highest BCUT2D eigenvalue weighted by Gasteiger charge is 2.21. The van der Waals surface area contributed by atoms with Crippen LogP contribution in [0.15, 0.2) is 30.3 Å². The van der Waals surface area contributed by atoms with E-state index >= 15 is 0 Å². The normalized spacial score (nSPS) is 20.4. The third kappa shape index (κ3) is 3.84. The van der Waals surface area contributed by atoms with E-state index < -0.39 is 0 Å². The van der Waals surface area contributed by atoms with Crippen molar-refractivity contribution in [1.82, 2.24) is 10.2 Å². The maximum absolute atomic E-state index is 11.6. The first-order valence-corrected chi connectivity index (χ1v) is 5.95. The smallest absolute Gasteiger partial charge is 0.234 e. The van der Waals surface area contributed by atoms with Crippen LogP contribution in [0.3, 0.4) is 0 Å². The van der Waals surface area contributed by atoms with Crippen LogP contribution in [-0.2, 0) is 11.3 Å². The first-order chi connectivity index (χ1) is 8.24. The van der Waals surface area contributed by atoms with Crippen LogP contribution < -0.4 is 5.32 Å². The number of aliphatic hydroxyl groups is 1. The van der Waals surface area contributed by atoms with Crippen molar-refractivity contribution in [2.75, 3.05) is 19.6 Å². The van der Waals surface area contributed by atoms with Gasteiger partial charge in [-0.05, 0) is 12.0 Å². The van der Waals surface area contributed by atoms with Crippen molar-refractivity contribution in [2.24, 2.45) is 0 Å². The van der Waals surface area contributed by atoms with E-state index in [-0.39, 0.29) is 12.0 Å². The van der Waals surface area contributed by atoms with Crippen LogP contribution in [0, 0.1) is 0 Å². The number of hydrogen-bond donors (Lipinski definition) is 2. The van der Waals surface area contributed by atoms with Crippen LogP contribution in [0.1, 0.15) is 12.0 Å². The lowest BCUT2D eigenvalue weighted by Crippen LogP contribution is -2.36. The van der Waals surface area contributed by atoms with E-state index in [0.717, 1.165) is 18.5 Å². The summed E-state index contributed by atoms with van der Waals surface area (Å²) in [6, 6.07) is 9.84. The highest BCUT2D eigenvalue weighted by atomic mass is 16.3. The predicted octanol–water partition coefficient (Wildman–Crippen LogP) is 0.369. The molecule has 0 aromatic heterocycles. The predicted molar refractivity (Wildman–Crippen MR) is 65.4 cm³/mol. The third-order valence-corrected chi connectivity index (χ3v) is 2.95. The summed E-state index contributed by atoms with van der Waals surface area (Å²) in [4.78, 5) is 13.6. The second-order valence-corrected chi connectivity index (χ2v) is 4.44. The summed E-state index contributed by atoms with van der Waals surface area (Å²) in [6.07, 6.45) is 0.503. The first kappa shape index (κ1) is 12.1. The molecule has 1 aromatic rings. The number of nitrogens with one attached hydrogen (secondary N) is 1. The van der Waals surface area contributed by atoms with E-state index in [1.165, 1.54) is 0 Å². The Morgan fingerprint density at radius 3 is 2.82 bits per heavy atom. The Kier molecular flexibility index (Phi) is 4.12. The quantitative estimate of drug-likeness (QED) is 0.791. The molecule has 0 spiro atoms. The second kappa shape index (κ2) is 5.80. The number of amides is 1. The fourth-order valence-electron chi connectivity index (χ4n) is 2.01. The van der Waals surface area contributed by atoms with Crippen LogP contribution in [0.25, 0.3) is 0 Å². The summed E-state index contributed by atoms with van der Waals surface area (Å²) >= 11 is 0. The zero-order valence-electron chi connectivity index (χ0n) is 9.80. The third-order valence-electron chi connectivity index (χ3n) is 2.95. The zero-order valence-corrected chi connectivity index (χ0v) is 9.80. The van der Waals surface area contributed by atoms with Crippen LogP contribution in [0.5, 0.6) is 0 Å². The second-order valence-electron chi connectivity index (χ2n) is 4.44. The summed E-state index contributed by atoms with van der Waals surface area (Å²) in [7, 11) is 0. The van der Waals surface area contributed by atoms with Crippen molar-refractivity contribution in [3.63, 3.8) is 0 Å². The molecule has 1 heterocycles. The number of carbonyl (C=O) groups is 1. The molecular weight excluding hydrogens is 216 g/mol. The Morgan fingerprint density at radius 1 is 1.41 bits per heavy atom. The van der Waals surface area contributed by atoms with Crippen molar-refractivity contribution in [2.45, 2.75) is 19.1 Å². The van der Waals surface area contributed by atoms with Crippen molar-refractivity contribution in [1.29, 1.82) is 0 Å². The van der Waals surface area contributed by atoms with Gasteiger partial charge in [0.05, 0.1) is 12.6 Å². The number of likely N-dealkylation sites (tertiary alicyclic amines) is 1. The number of nitrogens with zero attached hydrogens (tertiary/aromatic N) is 1. The van der Waals surface area contributed by atoms with Crippen LogP contribution in [0.4, 0.5) is 0 Å². The molecule has 2 N–H and O–H groups in total. The SMILES string of the molecule is O=C(CN1CC[C@@H](O)C1)NCc1ccccc1. The molecule has 0 bridgehead atoms. The number of benzene rings is 1. The maximum Gasteiger partial charge on any atom is 0.234 e. The molecule has 1 amide bonds. The lowest BCUT2D eigenvalue weighted by Gasteiger charge is -2.14. The fraction of sp³-hybridized carbons (Fsp3) is 0.462. The van der Waals surface area contributed by atoms with Crippen LogP contribution >= 0.6 is 0 Å². The number of aliphatic hydroxyl groups excluding tert-OH is 1. The minimum absolute atomic E-state index is 0.0166. The standard InChI is InChI=1S/C13H18N2O2/c16-12-6-7-15(9-12)10-13(17)14-8-11-4-2-1-3-5-11/h1-5,12,16H,6-10H2,(H,14,17)/t12-/m1/s1. The molecule has 1 aliphatic heterocycles. The molecule has 4 heteroatoms. The summed E-state index contributed by atoms with van der Waals surface area (Å²) < 4.78 is 0. The van der Waals surface area contributed by atoms with Gasteiger partial charge in [0.15, 0.2) is 0 Å².